The van der Waals surface area contributed by atoms with E-state index in [1.54, 1.807) is 24.3 Å². The van der Waals surface area contributed by atoms with E-state index in [-0.39, 0.29) is 5.75 Å². The molecule has 1 aromatic rings. The van der Waals surface area contributed by atoms with Gasteiger partial charge >= 0.3 is 0 Å². The van der Waals surface area contributed by atoms with Gasteiger partial charge in [-0.15, -0.1) is 0 Å². The normalized spacial score (nSPS) is 21.7. The van der Waals surface area contributed by atoms with E-state index in [4.69, 9.17) is 5.84 Å². The Bertz CT molecular complexity index is 477. The van der Waals surface area contributed by atoms with Crippen molar-refractivity contribution in [3.63, 3.8) is 0 Å². The van der Waals surface area contributed by atoms with Crippen LogP contribution in [0.2, 0.25) is 0 Å². The number of hydrazone groups is 1. The smallest absolute Gasteiger partial charge is 0.184 e. The van der Waals surface area contributed by atoms with Crippen LogP contribution < -0.4 is 5.84 Å². The van der Waals surface area contributed by atoms with Crippen molar-refractivity contribution in [3.05, 3.63) is 29.8 Å². The third-order valence-electron chi connectivity index (χ3n) is 2.02. The molecular weight excluding hydrogens is 188 g/mol. The van der Waals surface area contributed by atoms with Crippen molar-refractivity contribution in [2.75, 3.05) is 5.75 Å². The van der Waals surface area contributed by atoms with Gasteiger partial charge in [-0.25, -0.2) is 8.42 Å². The van der Waals surface area contributed by atoms with Gasteiger partial charge in [0.15, 0.2) is 9.84 Å². The van der Waals surface area contributed by atoms with Crippen molar-refractivity contribution in [1.29, 1.82) is 0 Å². The molecule has 0 atom stereocenters. The minimum absolute atomic E-state index is 0.0805. The zero-order chi connectivity index (χ0) is 9.47. The average molecular weight is 196 g/mol. The van der Waals surface area contributed by atoms with Gasteiger partial charge in [0.25, 0.3) is 0 Å². The fourth-order valence-corrected chi connectivity index (χ4v) is 2.97. The van der Waals surface area contributed by atoms with Crippen LogP contribution in [0.15, 0.2) is 34.3 Å². The number of benzene rings is 1. The fourth-order valence-electron chi connectivity index (χ4n) is 1.42. The van der Waals surface area contributed by atoms with Crippen LogP contribution in [0, 0.1) is 0 Å². The summed E-state index contributed by atoms with van der Waals surface area (Å²) in [7, 11) is -3.18. The van der Waals surface area contributed by atoms with Crippen LogP contribution in [0.25, 0.3) is 0 Å². The van der Waals surface area contributed by atoms with Gasteiger partial charge in [-0.3, -0.25) is 0 Å². The minimum atomic E-state index is -3.18. The second-order valence-corrected chi connectivity index (χ2v) is 4.79. The molecule has 0 spiro atoms. The number of hydrogen-bond donors (Lipinski definition) is 1. The third kappa shape index (κ3) is 1.12. The Kier molecular flexibility index (Phi) is 1.63. The highest BCUT2D eigenvalue weighted by molar-refractivity contribution is 7.92. The summed E-state index contributed by atoms with van der Waals surface area (Å²) in [6.07, 6.45) is 0. The summed E-state index contributed by atoms with van der Waals surface area (Å²) in [5.74, 6) is 5.01. The average Bonchev–Trinajstić information content (AvgIpc) is 2.39. The van der Waals surface area contributed by atoms with Crippen LogP contribution in [0.4, 0.5) is 0 Å². The summed E-state index contributed by atoms with van der Waals surface area (Å²) in [5.41, 5.74) is 1.07. The minimum Gasteiger partial charge on any atom is -0.323 e. The summed E-state index contributed by atoms with van der Waals surface area (Å²) >= 11 is 0. The Labute approximate surface area is 76.0 Å². The molecule has 5 heteroatoms. The number of sulfone groups is 1. The van der Waals surface area contributed by atoms with E-state index < -0.39 is 9.84 Å². The van der Waals surface area contributed by atoms with E-state index in [9.17, 15) is 8.42 Å². The quantitative estimate of drug-likeness (QED) is 0.473. The van der Waals surface area contributed by atoms with Gasteiger partial charge in [-0.1, -0.05) is 18.2 Å². The number of rotatable bonds is 0. The van der Waals surface area contributed by atoms with Gasteiger partial charge in [-0.05, 0) is 6.07 Å². The number of nitrogens with two attached hydrogens (primary N) is 1. The molecular formula is C8H8N2O2S. The van der Waals surface area contributed by atoms with Crippen molar-refractivity contribution >= 4 is 15.5 Å². The zero-order valence-corrected chi connectivity index (χ0v) is 7.58. The van der Waals surface area contributed by atoms with E-state index in [1.807, 2.05) is 0 Å². The van der Waals surface area contributed by atoms with Crippen LogP contribution in [-0.4, -0.2) is 19.9 Å². The lowest BCUT2D eigenvalue weighted by Gasteiger charge is -1.94. The molecule has 2 rings (SSSR count). The van der Waals surface area contributed by atoms with Crippen molar-refractivity contribution < 1.29 is 8.42 Å². The first-order valence-electron chi connectivity index (χ1n) is 3.74. The second kappa shape index (κ2) is 2.56. The maximum absolute atomic E-state index is 11.5. The predicted molar refractivity (Wildman–Crippen MR) is 49.2 cm³/mol. The van der Waals surface area contributed by atoms with Gasteiger partial charge in [0.2, 0.25) is 0 Å². The van der Waals surface area contributed by atoms with Gasteiger partial charge in [0.1, 0.15) is 0 Å². The van der Waals surface area contributed by atoms with Crippen molar-refractivity contribution in [2.24, 2.45) is 10.9 Å². The molecule has 0 fully saturated rings. The third-order valence-corrected chi connectivity index (χ3v) is 3.70. The molecule has 0 bridgehead atoms. The SMILES string of the molecule is NN=C1CS(=O)(=O)c2ccccc21. The lowest BCUT2D eigenvalue weighted by molar-refractivity contribution is 0.601. The molecule has 0 aliphatic carbocycles. The summed E-state index contributed by atoms with van der Waals surface area (Å²) in [6.45, 7) is 0. The Hall–Kier alpha value is -1.36. The van der Waals surface area contributed by atoms with Crippen LogP contribution in [0.3, 0.4) is 0 Å². The molecule has 2 N–H and O–H groups in total. The molecule has 1 aliphatic rings. The van der Waals surface area contributed by atoms with Crippen LogP contribution in [-0.2, 0) is 9.84 Å². The molecule has 13 heavy (non-hydrogen) atoms. The van der Waals surface area contributed by atoms with E-state index in [1.165, 1.54) is 0 Å². The van der Waals surface area contributed by atoms with Crippen molar-refractivity contribution in [1.82, 2.24) is 0 Å². The summed E-state index contributed by atoms with van der Waals surface area (Å²) in [6, 6.07) is 6.75. The van der Waals surface area contributed by atoms with E-state index in [2.05, 4.69) is 5.10 Å². The van der Waals surface area contributed by atoms with Gasteiger partial charge in [-0.2, -0.15) is 5.10 Å². The number of nitrogens with zero attached hydrogens (tertiary/aromatic N) is 1. The first-order valence-corrected chi connectivity index (χ1v) is 5.39. The molecule has 1 aliphatic heterocycles. The van der Waals surface area contributed by atoms with Crippen LogP contribution >= 0.6 is 0 Å². The summed E-state index contributed by atoms with van der Waals surface area (Å²) in [4.78, 5) is 0.333. The summed E-state index contributed by atoms with van der Waals surface area (Å²) < 4.78 is 23.0. The Morgan fingerprint density at radius 1 is 1.31 bits per heavy atom. The molecule has 0 amide bonds. The molecule has 0 unspecified atom stereocenters. The van der Waals surface area contributed by atoms with Crippen molar-refractivity contribution in [2.45, 2.75) is 4.90 Å². The lowest BCUT2D eigenvalue weighted by atomic mass is 10.1. The van der Waals surface area contributed by atoms with Crippen molar-refractivity contribution in [3.8, 4) is 0 Å². The van der Waals surface area contributed by atoms with Crippen LogP contribution in [0.5, 0.6) is 0 Å². The molecule has 0 saturated carbocycles. The maximum Gasteiger partial charge on any atom is 0.184 e. The van der Waals surface area contributed by atoms with E-state index in [0.29, 0.717) is 16.2 Å². The van der Waals surface area contributed by atoms with Crippen LogP contribution in [0.1, 0.15) is 5.56 Å². The largest absolute Gasteiger partial charge is 0.323 e. The van der Waals surface area contributed by atoms with Gasteiger partial charge < -0.3 is 5.84 Å². The molecule has 0 radical (unpaired) electrons. The molecule has 0 aromatic heterocycles. The molecule has 68 valence electrons. The number of hydrogen-bond acceptors (Lipinski definition) is 4. The Morgan fingerprint density at radius 3 is 2.69 bits per heavy atom. The molecule has 4 nitrogen and oxygen atoms in total. The fraction of sp³-hybridized carbons (Fsp3) is 0.125. The zero-order valence-electron chi connectivity index (χ0n) is 6.77. The Balaban J connectivity index is 2.79. The summed E-state index contributed by atoms with van der Waals surface area (Å²) in [5, 5.41) is 3.46. The maximum atomic E-state index is 11.5. The highest BCUT2D eigenvalue weighted by Gasteiger charge is 2.30. The Morgan fingerprint density at radius 2 is 2.00 bits per heavy atom. The van der Waals surface area contributed by atoms with Gasteiger partial charge in [0, 0.05) is 5.56 Å². The molecule has 0 saturated heterocycles. The van der Waals surface area contributed by atoms with E-state index in [0.717, 1.165) is 0 Å². The first kappa shape index (κ1) is 8.25. The standard InChI is InChI=1S/C8H8N2O2S/c9-10-7-5-13(11,12)8-4-2-1-3-6(7)8/h1-4H,5,9H2. The predicted octanol–water partition coefficient (Wildman–Crippen LogP) is 0.137. The lowest BCUT2D eigenvalue weighted by Crippen LogP contribution is -2.07. The highest BCUT2D eigenvalue weighted by Crippen LogP contribution is 2.25. The second-order valence-electron chi connectivity index (χ2n) is 2.83. The number of fused-ring (bicyclic) bond motifs is 1. The molecule has 1 aromatic carbocycles. The topological polar surface area (TPSA) is 72.5 Å². The molecule has 1 heterocycles. The monoisotopic (exact) mass is 196 g/mol. The highest BCUT2D eigenvalue weighted by atomic mass is 32.2. The first-order chi connectivity index (χ1) is 6.15. The van der Waals surface area contributed by atoms with E-state index >= 15 is 0 Å². The van der Waals surface area contributed by atoms with Gasteiger partial charge in [0.05, 0.1) is 16.4 Å².